The molecule has 0 aliphatic carbocycles. The zero-order chi connectivity index (χ0) is 23.5. The van der Waals surface area contributed by atoms with Crippen LogP contribution in [0.1, 0.15) is 53.5 Å². The average Bonchev–Trinajstić information content (AvgIpc) is 2.64. The van der Waals surface area contributed by atoms with Crippen LogP contribution in [-0.2, 0) is 24.9 Å². The Morgan fingerprint density at radius 1 is 0.903 bits per heavy atom. The van der Waals surface area contributed by atoms with Gasteiger partial charge in [-0.05, 0) is 48.2 Å². The lowest BCUT2D eigenvalue weighted by Crippen LogP contribution is -2.56. The second kappa shape index (κ2) is 10.2. The van der Waals surface area contributed by atoms with Crippen molar-refractivity contribution in [3.05, 3.63) is 35.9 Å². The fraction of sp³-hybridized carbons (Fsp3) is 0.760. The third-order valence-electron chi connectivity index (χ3n) is 7.42. The van der Waals surface area contributed by atoms with Crippen molar-refractivity contribution < 1.29 is 18.3 Å². The van der Waals surface area contributed by atoms with E-state index in [-0.39, 0.29) is 28.4 Å². The molecular weight excluding hydrogens is 420 g/mol. The molecule has 0 bridgehead atoms. The minimum atomic E-state index is -1.93. The van der Waals surface area contributed by atoms with Crippen LogP contribution in [0.4, 0.5) is 0 Å². The summed E-state index contributed by atoms with van der Waals surface area (Å²) in [6.45, 7) is 24.7. The van der Waals surface area contributed by atoms with Gasteiger partial charge in [0.05, 0.1) is 19.3 Å². The molecule has 1 heterocycles. The van der Waals surface area contributed by atoms with Crippen LogP contribution < -0.4 is 0 Å². The Kier molecular flexibility index (Phi) is 8.78. The Hall–Kier alpha value is -0.506. The van der Waals surface area contributed by atoms with Crippen LogP contribution in [0.15, 0.2) is 30.3 Å². The molecule has 3 atom stereocenters. The molecule has 1 saturated heterocycles. The van der Waals surface area contributed by atoms with Crippen LogP contribution in [0.5, 0.6) is 0 Å². The summed E-state index contributed by atoms with van der Waals surface area (Å²) in [5.41, 5.74) is 1.17. The maximum absolute atomic E-state index is 6.86. The van der Waals surface area contributed by atoms with Gasteiger partial charge in [-0.2, -0.15) is 0 Å². The van der Waals surface area contributed by atoms with Crippen molar-refractivity contribution >= 4 is 16.6 Å². The van der Waals surface area contributed by atoms with Crippen molar-refractivity contribution in [2.45, 2.75) is 109 Å². The Morgan fingerprint density at radius 3 is 2.03 bits per heavy atom. The summed E-state index contributed by atoms with van der Waals surface area (Å²) in [6, 6.07) is 10.4. The van der Waals surface area contributed by atoms with Gasteiger partial charge in [-0.15, -0.1) is 0 Å². The number of rotatable bonds is 8. The lowest BCUT2D eigenvalue weighted by Gasteiger charge is -2.46. The van der Waals surface area contributed by atoms with Gasteiger partial charge in [0.1, 0.15) is 12.2 Å². The highest BCUT2D eigenvalue weighted by Crippen LogP contribution is 2.40. The molecule has 0 spiro atoms. The van der Waals surface area contributed by atoms with Crippen molar-refractivity contribution in [2.24, 2.45) is 0 Å². The fourth-order valence-electron chi connectivity index (χ4n) is 3.15. The van der Waals surface area contributed by atoms with E-state index in [2.05, 4.69) is 92.0 Å². The molecule has 0 radical (unpaired) electrons. The average molecular weight is 467 g/mol. The Labute approximate surface area is 193 Å². The van der Waals surface area contributed by atoms with Gasteiger partial charge in [-0.25, -0.2) is 0 Å². The van der Waals surface area contributed by atoms with E-state index in [1.807, 2.05) is 6.07 Å². The summed E-state index contributed by atoms with van der Waals surface area (Å²) in [5, 5.41) is 0.321. The fourth-order valence-corrected chi connectivity index (χ4v) is 5.52. The topological polar surface area (TPSA) is 36.9 Å². The van der Waals surface area contributed by atoms with Crippen molar-refractivity contribution in [3.63, 3.8) is 0 Å². The molecule has 1 fully saturated rings. The molecule has 0 unspecified atom stereocenters. The molecule has 0 saturated carbocycles. The Bertz CT molecular complexity index is 677. The molecule has 0 aromatic heterocycles. The third-order valence-corrected chi connectivity index (χ3v) is 16.4. The minimum Gasteiger partial charge on any atom is -0.414 e. The van der Waals surface area contributed by atoms with Gasteiger partial charge in [0, 0.05) is 6.61 Å². The highest BCUT2D eigenvalue weighted by molar-refractivity contribution is 6.74. The van der Waals surface area contributed by atoms with E-state index in [0.29, 0.717) is 19.8 Å². The first-order chi connectivity index (χ1) is 14.1. The van der Waals surface area contributed by atoms with Crippen LogP contribution in [0.3, 0.4) is 0 Å². The molecule has 0 N–H and O–H groups in total. The van der Waals surface area contributed by atoms with Gasteiger partial charge >= 0.3 is 0 Å². The molecule has 0 amide bonds. The summed E-state index contributed by atoms with van der Waals surface area (Å²) in [6.07, 6.45) is 0.656. The summed E-state index contributed by atoms with van der Waals surface area (Å²) < 4.78 is 26.2. The second-order valence-corrected chi connectivity index (χ2v) is 21.5. The van der Waals surface area contributed by atoms with Gasteiger partial charge in [0.25, 0.3) is 0 Å². The third kappa shape index (κ3) is 7.24. The normalized spacial score (nSPS) is 23.7. The zero-order valence-electron chi connectivity index (χ0n) is 21.6. The van der Waals surface area contributed by atoms with Crippen LogP contribution in [0.2, 0.25) is 36.3 Å². The number of benzene rings is 1. The smallest absolute Gasteiger partial charge is 0.192 e. The molecule has 1 aliphatic rings. The van der Waals surface area contributed by atoms with E-state index in [0.717, 1.165) is 6.42 Å². The minimum absolute atomic E-state index is 0.0337. The zero-order valence-corrected chi connectivity index (χ0v) is 23.6. The van der Waals surface area contributed by atoms with Crippen LogP contribution >= 0.6 is 0 Å². The van der Waals surface area contributed by atoms with Gasteiger partial charge < -0.3 is 18.3 Å². The van der Waals surface area contributed by atoms with E-state index >= 15 is 0 Å². The molecule has 6 heteroatoms. The van der Waals surface area contributed by atoms with Gasteiger partial charge in [0.2, 0.25) is 0 Å². The first kappa shape index (κ1) is 26.7. The van der Waals surface area contributed by atoms with E-state index in [4.69, 9.17) is 18.3 Å². The molecule has 31 heavy (non-hydrogen) atoms. The van der Waals surface area contributed by atoms with E-state index in [9.17, 15) is 0 Å². The monoisotopic (exact) mass is 466 g/mol. The van der Waals surface area contributed by atoms with Crippen molar-refractivity contribution in [1.29, 1.82) is 0 Å². The van der Waals surface area contributed by atoms with Gasteiger partial charge in [-0.3, -0.25) is 0 Å². The lowest BCUT2D eigenvalue weighted by atomic mass is 10.0. The second-order valence-electron chi connectivity index (χ2n) is 11.9. The van der Waals surface area contributed by atoms with Crippen molar-refractivity contribution in [1.82, 2.24) is 0 Å². The standard InChI is InChI=1S/C25H46O4Si2/c1-24(2,3)30(7,8)28-19-22-23(27-18-20-14-12-11-13-15-20)21(16-17-26-22)29-31(9,10)25(4,5)6/h11-15,21-23H,16-19H2,1-10H3/t21-,22-,23-/m1/s1. The SMILES string of the molecule is CC(C)(C)[Si](C)(C)OC[C@H]1OCC[C@@H](O[Si](C)(C)C(C)(C)C)[C@H]1OCc1ccccc1. The van der Waals surface area contributed by atoms with Crippen LogP contribution in [0, 0.1) is 0 Å². The van der Waals surface area contributed by atoms with Crippen LogP contribution in [-0.4, -0.2) is 48.2 Å². The van der Waals surface area contributed by atoms with E-state index in [1.54, 1.807) is 0 Å². The lowest BCUT2D eigenvalue weighted by molar-refractivity contribution is -0.169. The molecule has 1 aromatic carbocycles. The summed E-state index contributed by atoms with van der Waals surface area (Å²) in [5.74, 6) is 0. The number of hydrogen-bond donors (Lipinski definition) is 0. The van der Waals surface area contributed by atoms with E-state index in [1.165, 1.54) is 5.56 Å². The Balaban J connectivity index is 2.19. The summed E-state index contributed by atoms with van der Waals surface area (Å²) >= 11 is 0. The predicted octanol–water partition coefficient (Wildman–Crippen LogP) is 6.77. The van der Waals surface area contributed by atoms with Gasteiger partial charge in [-0.1, -0.05) is 71.9 Å². The molecule has 1 aliphatic heterocycles. The van der Waals surface area contributed by atoms with E-state index < -0.39 is 16.6 Å². The predicted molar refractivity (Wildman–Crippen MR) is 135 cm³/mol. The highest BCUT2D eigenvalue weighted by Gasteiger charge is 2.45. The van der Waals surface area contributed by atoms with Crippen molar-refractivity contribution in [2.75, 3.05) is 13.2 Å². The molecule has 4 nitrogen and oxygen atoms in total. The van der Waals surface area contributed by atoms with Crippen LogP contribution in [0.25, 0.3) is 0 Å². The number of hydrogen-bond acceptors (Lipinski definition) is 4. The molecule has 2 rings (SSSR count). The van der Waals surface area contributed by atoms with Gasteiger partial charge in [0.15, 0.2) is 16.6 Å². The Morgan fingerprint density at radius 2 is 1.48 bits per heavy atom. The van der Waals surface area contributed by atoms with Crippen molar-refractivity contribution in [3.8, 4) is 0 Å². The molecule has 178 valence electrons. The highest BCUT2D eigenvalue weighted by atomic mass is 28.4. The quantitative estimate of drug-likeness (QED) is 0.396. The summed E-state index contributed by atoms with van der Waals surface area (Å²) in [4.78, 5) is 0. The first-order valence-corrected chi connectivity index (χ1v) is 17.5. The number of ether oxygens (including phenoxy) is 2. The maximum atomic E-state index is 6.86. The first-order valence-electron chi connectivity index (χ1n) is 11.7. The maximum Gasteiger partial charge on any atom is 0.192 e. The molecule has 1 aromatic rings. The molecular formula is C25H46O4Si2. The largest absolute Gasteiger partial charge is 0.414 e. The summed E-state index contributed by atoms with van der Waals surface area (Å²) in [7, 11) is -3.80.